The van der Waals surface area contributed by atoms with Crippen LogP contribution in [0.2, 0.25) is 0 Å². The van der Waals surface area contributed by atoms with E-state index in [1.807, 2.05) is 0 Å². The van der Waals surface area contributed by atoms with Gasteiger partial charge in [0, 0.05) is 40.2 Å². The van der Waals surface area contributed by atoms with Crippen molar-refractivity contribution in [3.8, 4) is 0 Å². The Labute approximate surface area is 306 Å². The van der Waals surface area contributed by atoms with Crippen molar-refractivity contribution in [1.82, 2.24) is 0 Å². The molecule has 0 heterocycles. The normalized spacial score (nSPS) is 10.8. The van der Waals surface area contributed by atoms with E-state index in [0.29, 0.717) is 23.7 Å². The Morgan fingerprint density at radius 1 is 0.458 bits per heavy atom. The molecule has 0 aliphatic carbocycles. The number of hydrogen-bond donors (Lipinski definition) is 2. The maximum atomic E-state index is 9.00. The summed E-state index contributed by atoms with van der Waals surface area (Å²) in [6, 6.07) is 37.2. The van der Waals surface area contributed by atoms with Crippen molar-refractivity contribution in [2.24, 2.45) is 0 Å². The van der Waals surface area contributed by atoms with Gasteiger partial charge in [-0.05, 0) is 83.0 Å². The Bertz CT molecular complexity index is 1350. The number of benzene rings is 4. The van der Waals surface area contributed by atoms with E-state index in [0.717, 1.165) is 13.8 Å². The molecule has 0 aliphatic rings. The van der Waals surface area contributed by atoms with E-state index < -0.39 is 27.8 Å². The molecule has 0 unspecified atom stereocenters. The maximum absolute atomic E-state index is 9.00. The van der Waals surface area contributed by atoms with Gasteiger partial charge in [-0.3, -0.25) is 9.59 Å². The van der Waals surface area contributed by atoms with Crippen molar-refractivity contribution < 1.29 is 40.2 Å². The third-order valence-electron chi connectivity index (χ3n) is 7.68. The molecular formula is C41H54O4P2Pd. The number of carbonyl (C=O) groups is 2. The van der Waals surface area contributed by atoms with Crippen LogP contribution in [0.5, 0.6) is 0 Å². The summed E-state index contributed by atoms with van der Waals surface area (Å²) in [5.41, 5.74) is 6.02. The number of carboxylic acids is 2. The average Bonchev–Trinajstić information content (AvgIpc) is 3.01. The monoisotopic (exact) mass is 778 g/mol. The second-order valence-corrected chi connectivity index (χ2v) is 17.7. The van der Waals surface area contributed by atoms with Crippen LogP contribution >= 0.6 is 15.8 Å². The first-order valence-electron chi connectivity index (χ1n) is 16.5. The van der Waals surface area contributed by atoms with E-state index in [4.69, 9.17) is 19.8 Å². The molecule has 7 heteroatoms. The summed E-state index contributed by atoms with van der Waals surface area (Å²) in [6.45, 7) is 21.0. The molecule has 0 amide bonds. The summed E-state index contributed by atoms with van der Waals surface area (Å²) < 4.78 is 0. The molecule has 2 N–H and O–H groups in total. The van der Waals surface area contributed by atoms with Crippen molar-refractivity contribution in [3.05, 3.63) is 119 Å². The molecule has 0 saturated heterocycles. The molecule has 48 heavy (non-hydrogen) atoms. The van der Waals surface area contributed by atoms with Crippen molar-refractivity contribution in [2.45, 2.75) is 92.9 Å². The summed E-state index contributed by atoms with van der Waals surface area (Å²) >= 11 is 0. The molecule has 4 aromatic rings. The van der Waals surface area contributed by atoms with Crippen molar-refractivity contribution >= 4 is 49.0 Å². The van der Waals surface area contributed by atoms with Crippen molar-refractivity contribution in [1.29, 1.82) is 0 Å². The van der Waals surface area contributed by atoms with Gasteiger partial charge in [-0.2, -0.15) is 0 Å². The van der Waals surface area contributed by atoms with Crippen LogP contribution in [0.15, 0.2) is 97.1 Å². The molecule has 262 valence electrons. The summed E-state index contributed by atoms with van der Waals surface area (Å²) in [5.74, 6) is 1.49. The summed E-state index contributed by atoms with van der Waals surface area (Å²) in [4.78, 5) is 18.0. The predicted octanol–water partition coefficient (Wildman–Crippen LogP) is 9.88. The van der Waals surface area contributed by atoms with E-state index in [2.05, 4.69) is 152 Å². The Hall–Kier alpha value is -2.66. The van der Waals surface area contributed by atoms with Crippen molar-refractivity contribution in [3.63, 3.8) is 0 Å². The first-order valence-corrected chi connectivity index (χ1v) is 19.5. The first kappa shape index (κ1) is 43.4. The summed E-state index contributed by atoms with van der Waals surface area (Å²) in [7, 11) is -1.16. The Morgan fingerprint density at radius 2 is 0.625 bits per heavy atom. The fourth-order valence-corrected chi connectivity index (χ4v) is 13.3. The minimum Gasteiger partial charge on any atom is -0.481 e. The van der Waals surface area contributed by atoms with Crippen LogP contribution in [0.4, 0.5) is 0 Å². The van der Waals surface area contributed by atoms with Crippen LogP contribution in [-0.4, -0.2) is 28.1 Å². The van der Waals surface area contributed by atoms with Gasteiger partial charge in [0.2, 0.25) is 0 Å². The molecule has 0 radical (unpaired) electrons. The Kier molecular flexibility index (Phi) is 19.4. The molecule has 4 nitrogen and oxygen atoms in total. The average molecular weight is 779 g/mol. The number of rotatable bonds is 10. The standard InChI is InChI=1S/C37H46P2.2C2H4O2.Pd/c1-26(2)30-17-9-13-21-34(30)38(35-22-14-10-18-31(35)27(3)4)25-39(36-23-15-11-19-32(36)28(5)6)37-24-16-12-20-33(37)29(7)8;2*1-2(3)4;/h9-24,26-29H,25H2,1-8H3;2*1H3,(H,3,4);. The van der Waals surface area contributed by atoms with Crippen molar-refractivity contribution in [2.75, 3.05) is 5.90 Å². The Balaban J connectivity index is 0.00000115. The molecule has 0 saturated carbocycles. The summed E-state index contributed by atoms with van der Waals surface area (Å²) in [6.07, 6.45) is 0. The molecule has 4 rings (SSSR count). The molecule has 0 bridgehead atoms. The number of aliphatic carboxylic acids is 2. The van der Waals surface area contributed by atoms with Gasteiger partial charge < -0.3 is 10.2 Å². The zero-order chi connectivity index (χ0) is 35.3. The van der Waals surface area contributed by atoms with Crippen LogP contribution in [0.25, 0.3) is 0 Å². The molecule has 0 fully saturated rings. The van der Waals surface area contributed by atoms with Gasteiger partial charge in [0.15, 0.2) is 0 Å². The van der Waals surface area contributed by atoms with E-state index in [1.54, 1.807) is 21.2 Å². The van der Waals surface area contributed by atoms with Gasteiger partial charge in [0.05, 0.1) is 0 Å². The topological polar surface area (TPSA) is 74.6 Å². The Morgan fingerprint density at radius 3 is 0.792 bits per heavy atom. The van der Waals surface area contributed by atoms with Gasteiger partial charge in [-0.15, -0.1) is 0 Å². The van der Waals surface area contributed by atoms with Gasteiger partial charge >= 0.3 is 0 Å². The smallest absolute Gasteiger partial charge is 0.300 e. The van der Waals surface area contributed by atoms with Gasteiger partial charge in [-0.1, -0.05) is 152 Å². The second kappa shape index (κ2) is 21.4. The van der Waals surface area contributed by atoms with E-state index in [9.17, 15) is 0 Å². The minimum atomic E-state index is -0.833. The third kappa shape index (κ3) is 13.0. The number of hydrogen-bond acceptors (Lipinski definition) is 2. The largest absolute Gasteiger partial charge is 0.481 e. The van der Waals surface area contributed by atoms with Crippen LogP contribution in [0, 0.1) is 0 Å². The minimum absolute atomic E-state index is 0. The SMILES string of the molecule is CC(=O)O.CC(=O)O.CC(C)c1ccccc1P(CP(c1ccccc1C(C)C)c1ccccc1C(C)C)c1ccccc1C(C)C.[Pd]. The molecule has 0 atom stereocenters. The van der Waals surface area contributed by atoms with E-state index in [-0.39, 0.29) is 20.4 Å². The predicted molar refractivity (Wildman–Crippen MR) is 206 cm³/mol. The van der Waals surface area contributed by atoms with E-state index in [1.165, 1.54) is 28.2 Å². The van der Waals surface area contributed by atoms with Gasteiger partial charge in [-0.25, -0.2) is 0 Å². The molecular weight excluding hydrogens is 725 g/mol. The zero-order valence-corrected chi connectivity index (χ0v) is 33.5. The van der Waals surface area contributed by atoms with Crippen LogP contribution < -0.4 is 21.2 Å². The van der Waals surface area contributed by atoms with Crippen LogP contribution in [0.3, 0.4) is 0 Å². The van der Waals surface area contributed by atoms with Crippen LogP contribution in [0.1, 0.15) is 115 Å². The van der Waals surface area contributed by atoms with E-state index >= 15 is 0 Å². The third-order valence-corrected chi connectivity index (χ3v) is 13.9. The number of carboxylic acid groups (broad SMARTS) is 2. The van der Waals surface area contributed by atoms with Crippen LogP contribution in [-0.2, 0) is 30.0 Å². The second-order valence-electron chi connectivity index (χ2n) is 12.9. The zero-order valence-electron chi connectivity index (χ0n) is 30.2. The molecule has 0 spiro atoms. The molecule has 0 aromatic heterocycles. The van der Waals surface area contributed by atoms with Gasteiger partial charge in [0.1, 0.15) is 0 Å². The fraction of sp³-hybridized carbons (Fsp3) is 0.366. The molecule has 0 aliphatic heterocycles. The quantitative estimate of drug-likeness (QED) is 0.124. The maximum Gasteiger partial charge on any atom is 0.300 e. The first-order chi connectivity index (χ1) is 22.2. The fourth-order valence-electron chi connectivity index (χ4n) is 5.59. The summed E-state index contributed by atoms with van der Waals surface area (Å²) in [5, 5.41) is 21.1. The molecule has 4 aromatic carbocycles. The van der Waals surface area contributed by atoms with Gasteiger partial charge in [0.25, 0.3) is 11.9 Å².